The summed E-state index contributed by atoms with van der Waals surface area (Å²) in [6.45, 7) is 3.63. The molecule has 154 valence electrons. The van der Waals surface area contributed by atoms with Crippen LogP contribution in [0.4, 0.5) is 17.5 Å². The zero-order valence-electron chi connectivity index (χ0n) is 16.7. The van der Waals surface area contributed by atoms with E-state index in [0.717, 1.165) is 53.5 Å². The molecule has 0 aromatic carbocycles. The Balaban J connectivity index is 1.39. The lowest BCUT2D eigenvalue weighted by molar-refractivity contribution is 0.0662. The summed E-state index contributed by atoms with van der Waals surface area (Å²) in [5.74, 6) is 1.48. The van der Waals surface area contributed by atoms with E-state index in [4.69, 9.17) is 14.7 Å². The number of anilines is 3. The average Bonchev–Trinajstić information content (AvgIpc) is 3.36. The molecule has 2 N–H and O–H groups in total. The molecule has 1 saturated carbocycles. The smallest absolute Gasteiger partial charge is 0.230 e. The number of hydrogen-bond acceptors (Lipinski definition) is 8. The number of aryl methyl sites for hydroxylation is 1. The summed E-state index contributed by atoms with van der Waals surface area (Å²) >= 11 is 1.43. The normalized spacial score (nSPS) is 18.9. The van der Waals surface area contributed by atoms with Gasteiger partial charge < -0.3 is 15.4 Å². The zero-order valence-corrected chi connectivity index (χ0v) is 17.5. The fourth-order valence-corrected chi connectivity index (χ4v) is 5.05. The summed E-state index contributed by atoms with van der Waals surface area (Å²) in [7, 11) is 0. The average molecular weight is 414 g/mol. The van der Waals surface area contributed by atoms with Crippen molar-refractivity contribution in [1.29, 1.82) is 0 Å². The third kappa shape index (κ3) is 4.06. The number of hydrogen-bond donors (Lipinski definition) is 2. The van der Waals surface area contributed by atoms with E-state index in [2.05, 4.69) is 20.1 Å². The first kappa shape index (κ1) is 18.7. The van der Waals surface area contributed by atoms with Crippen LogP contribution in [0.15, 0.2) is 12.4 Å². The highest BCUT2D eigenvalue weighted by molar-refractivity contribution is 7.13. The van der Waals surface area contributed by atoms with Gasteiger partial charge in [0.05, 0.1) is 29.0 Å². The van der Waals surface area contributed by atoms with E-state index >= 15 is 0 Å². The maximum absolute atomic E-state index is 5.45. The van der Waals surface area contributed by atoms with Crippen molar-refractivity contribution in [2.24, 2.45) is 0 Å². The van der Waals surface area contributed by atoms with Gasteiger partial charge in [0.15, 0.2) is 4.83 Å². The molecular weight excluding hydrogens is 386 g/mol. The van der Waals surface area contributed by atoms with Crippen LogP contribution in [-0.4, -0.2) is 43.4 Å². The standard InChI is InChI=1S/C20H27N7OS/c1-13-17-18(22-14-5-3-2-4-6-14)24-20(25-19(17)29-26-13)23-15-11-21-27(12-15)16-7-9-28-10-8-16/h11-12,14,16H,2-10H2,1H3,(H2,22,23,24,25). The molecular formula is C20H27N7OS. The number of aromatic nitrogens is 5. The lowest BCUT2D eigenvalue weighted by atomic mass is 9.95. The highest BCUT2D eigenvalue weighted by Gasteiger charge is 2.20. The quantitative estimate of drug-likeness (QED) is 0.639. The Hall–Kier alpha value is -2.26. The van der Waals surface area contributed by atoms with Gasteiger partial charge >= 0.3 is 0 Å². The monoisotopic (exact) mass is 413 g/mol. The maximum Gasteiger partial charge on any atom is 0.230 e. The molecule has 2 fully saturated rings. The Labute approximate surface area is 174 Å². The molecule has 29 heavy (non-hydrogen) atoms. The second-order valence-corrected chi connectivity index (χ2v) is 8.75. The minimum absolute atomic E-state index is 0.398. The summed E-state index contributed by atoms with van der Waals surface area (Å²) < 4.78 is 12.0. The summed E-state index contributed by atoms with van der Waals surface area (Å²) in [5.41, 5.74) is 1.89. The second-order valence-electron chi connectivity index (χ2n) is 8.00. The van der Waals surface area contributed by atoms with Gasteiger partial charge in [-0.2, -0.15) is 19.4 Å². The third-order valence-corrected chi connectivity index (χ3v) is 6.71. The van der Waals surface area contributed by atoms with E-state index in [-0.39, 0.29) is 0 Å². The molecule has 9 heteroatoms. The largest absolute Gasteiger partial charge is 0.381 e. The van der Waals surface area contributed by atoms with E-state index in [9.17, 15) is 0 Å². The van der Waals surface area contributed by atoms with Crippen molar-refractivity contribution in [3.8, 4) is 0 Å². The predicted octanol–water partition coefficient (Wildman–Crippen LogP) is 4.43. The van der Waals surface area contributed by atoms with Crippen LogP contribution >= 0.6 is 11.5 Å². The van der Waals surface area contributed by atoms with Gasteiger partial charge in [-0.3, -0.25) is 4.68 Å². The number of rotatable bonds is 5. The van der Waals surface area contributed by atoms with Crippen LogP contribution in [0.1, 0.15) is 56.7 Å². The second kappa shape index (κ2) is 8.23. The van der Waals surface area contributed by atoms with Crippen molar-refractivity contribution in [3.05, 3.63) is 18.1 Å². The molecule has 2 aliphatic rings. The Morgan fingerprint density at radius 2 is 1.93 bits per heavy atom. The highest BCUT2D eigenvalue weighted by atomic mass is 32.1. The first-order chi connectivity index (χ1) is 14.3. The molecule has 3 aromatic rings. The fourth-order valence-electron chi connectivity index (χ4n) is 4.27. The van der Waals surface area contributed by atoms with Crippen LogP contribution in [0.2, 0.25) is 0 Å². The Morgan fingerprint density at radius 1 is 1.10 bits per heavy atom. The minimum atomic E-state index is 0.398. The van der Waals surface area contributed by atoms with E-state index in [0.29, 0.717) is 18.0 Å². The fraction of sp³-hybridized carbons (Fsp3) is 0.600. The number of nitrogens with zero attached hydrogens (tertiary/aromatic N) is 5. The van der Waals surface area contributed by atoms with Gasteiger partial charge in [-0.15, -0.1) is 0 Å². The maximum atomic E-state index is 5.45. The Morgan fingerprint density at radius 3 is 2.76 bits per heavy atom. The highest BCUT2D eigenvalue weighted by Crippen LogP contribution is 2.31. The van der Waals surface area contributed by atoms with Gasteiger partial charge in [-0.25, -0.2) is 0 Å². The van der Waals surface area contributed by atoms with Crippen molar-refractivity contribution >= 4 is 39.2 Å². The topological polar surface area (TPSA) is 89.8 Å². The predicted molar refractivity (Wildman–Crippen MR) is 115 cm³/mol. The molecule has 1 saturated heterocycles. The van der Waals surface area contributed by atoms with Gasteiger partial charge in [0.1, 0.15) is 5.82 Å². The van der Waals surface area contributed by atoms with Crippen molar-refractivity contribution < 1.29 is 4.74 Å². The van der Waals surface area contributed by atoms with Crippen LogP contribution in [0, 0.1) is 6.92 Å². The summed E-state index contributed by atoms with van der Waals surface area (Å²) in [6, 6.07) is 0.876. The van der Waals surface area contributed by atoms with Crippen LogP contribution in [0.25, 0.3) is 10.2 Å². The zero-order chi connectivity index (χ0) is 19.6. The molecule has 8 nitrogen and oxygen atoms in total. The first-order valence-corrected chi connectivity index (χ1v) is 11.3. The summed E-state index contributed by atoms with van der Waals surface area (Å²) in [4.78, 5) is 10.4. The number of nitrogens with one attached hydrogen (secondary N) is 2. The molecule has 0 spiro atoms. The van der Waals surface area contributed by atoms with Crippen LogP contribution in [-0.2, 0) is 4.74 Å². The molecule has 3 aromatic heterocycles. The lowest BCUT2D eigenvalue weighted by Gasteiger charge is -2.23. The van der Waals surface area contributed by atoms with E-state index < -0.39 is 0 Å². The van der Waals surface area contributed by atoms with Gasteiger partial charge in [0.25, 0.3) is 0 Å². The van der Waals surface area contributed by atoms with Crippen LogP contribution in [0.5, 0.6) is 0 Å². The molecule has 0 radical (unpaired) electrons. The van der Waals surface area contributed by atoms with E-state index in [1.807, 2.05) is 24.0 Å². The summed E-state index contributed by atoms with van der Waals surface area (Å²) in [6.07, 6.45) is 12.2. The first-order valence-electron chi connectivity index (χ1n) is 10.6. The molecule has 1 aliphatic carbocycles. The molecule has 4 heterocycles. The van der Waals surface area contributed by atoms with Gasteiger partial charge in [0.2, 0.25) is 5.95 Å². The summed E-state index contributed by atoms with van der Waals surface area (Å²) in [5, 5.41) is 12.6. The van der Waals surface area contributed by atoms with E-state index in [1.54, 1.807) is 0 Å². The van der Waals surface area contributed by atoms with Crippen molar-refractivity contribution in [3.63, 3.8) is 0 Å². The molecule has 0 unspecified atom stereocenters. The molecule has 5 rings (SSSR count). The van der Waals surface area contributed by atoms with Crippen molar-refractivity contribution in [2.45, 2.75) is 64.0 Å². The lowest BCUT2D eigenvalue weighted by Crippen LogP contribution is -2.23. The minimum Gasteiger partial charge on any atom is -0.381 e. The van der Waals surface area contributed by atoms with Crippen LogP contribution < -0.4 is 10.6 Å². The molecule has 0 atom stereocenters. The van der Waals surface area contributed by atoms with Crippen molar-refractivity contribution in [1.82, 2.24) is 24.1 Å². The van der Waals surface area contributed by atoms with Crippen LogP contribution in [0.3, 0.4) is 0 Å². The Kier molecular flexibility index (Phi) is 5.32. The Bertz CT molecular complexity index is 973. The third-order valence-electron chi connectivity index (χ3n) is 5.88. The van der Waals surface area contributed by atoms with Crippen molar-refractivity contribution in [2.75, 3.05) is 23.8 Å². The molecule has 0 bridgehead atoms. The SMILES string of the molecule is Cc1nsc2nc(Nc3cnn(C4CCOCC4)c3)nc(NC3CCCCC3)c12. The number of fused-ring (bicyclic) bond motifs is 1. The van der Waals surface area contributed by atoms with Gasteiger partial charge in [-0.1, -0.05) is 19.3 Å². The number of ether oxygens (including phenoxy) is 1. The van der Waals surface area contributed by atoms with Gasteiger partial charge in [0, 0.05) is 25.5 Å². The van der Waals surface area contributed by atoms with Gasteiger partial charge in [-0.05, 0) is 44.1 Å². The van der Waals surface area contributed by atoms with E-state index in [1.165, 1.54) is 43.6 Å². The molecule has 0 amide bonds. The molecule has 1 aliphatic heterocycles.